The van der Waals surface area contributed by atoms with Gasteiger partial charge in [-0.05, 0) is 24.3 Å². The highest BCUT2D eigenvalue weighted by atomic mass is 32.2. The number of carbonyl (C=O) groups is 1. The van der Waals surface area contributed by atoms with Crippen molar-refractivity contribution < 1.29 is 31.1 Å². The molecule has 0 unspecified atom stereocenters. The summed E-state index contributed by atoms with van der Waals surface area (Å²) in [5.74, 6) is -0.976. The Morgan fingerprint density at radius 2 is 1.77 bits per heavy atom. The van der Waals surface area contributed by atoms with Gasteiger partial charge >= 0.3 is 6.36 Å². The van der Waals surface area contributed by atoms with Crippen LogP contribution in [0.1, 0.15) is 6.42 Å². The maximum absolute atomic E-state index is 12.1. The number of benzene rings is 1. The highest BCUT2D eigenvalue weighted by Gasteiger charge is 2.49. The van der Waals surface area contributed by atoms with Gasteiger partial charge in [-0.15, -0.1) is 13.2 Å². The molecule has 2 heterocycles. The quantitative estimate of drug-likeness (QED) is 0.826. The number of carbonyl (C=O) groups excluding carboxylic acids is 1. The SMILES string of the molecule is O=C1C[C@@H]2CS(=O)(=O)C[C@@H]2N1c1ccc(OC(F)(F)F)cc1. The lowest BCUT2D eigenvalue weighted by Gasteiger charge is -2.23. The number of rotatable bonds is 2. The molecule has 0 N–H and O–H groups in total. The molecule has 0 aromatic heterocycles. The van der Waals surface area contributed by atoms with E-state index in [1.807, 2.05) is 0 Å². The van der Waals surface area contributed by atoms with Crippen LogP contribution in [0, 0.1) is 5.92 Å². The lowest BCUT2D eigenvalue weighted by Crippen LogP contribution is -2.36. The third-order valence-corrected chi connectivity index (χ3v) is 5.61. The molecule has 2 atom stereocenters. The molecule has 2 aliphatic heterocycles. The van der Waals surface area contributed by atoms with Crippen LogP contribution < -0.4 is 9.64 Å². The minimum Gasteiger partial charge on any atom is -0.406 e. The predicted molar refractivity (Wildman–Crippen MR) is 71.2 cm³/mol. The van der Waals surface area contributed by atoms with Gasteiger partial charge in [0.1, 0.15) is 5.75 Å². The van der Waals surface area contributed by atoms with Crippen LogP contribution in [0.25, 0.3) is 0 Å². The van der Waals surface area contributed by atoms with E-state index in [4.69, 9.17) is 0 Å². The molecule has 1 amide bonds. The number of anilines is 1. The van der Waals surface area contributed by atoms with Crippen molar-refractivity contribution in [1.29, 1.82) is 0 Å². The zero-order valence-corrected chi connectivity index (χ0v) is 12.0. The number of alkyl halides is 3. The Labute approximate surface area is 124 Å². The van der Waals surface area contributed by atoms with E-state index in [2.05, 4.69) is 4.74 Å². The van der Waals surface area contributed by atoms with Crippen LogP contribution in [0.15, 0.2) is 24.3 Å². The summed E-state index contributed by atoms with van der Waals surface area (Å²) in [4.78, 5) is 13.4. The molecule has 5 nitrogen and oxygen atoms in total. The summed E-state index contributed by atoms with van der Waals surface area (Å²) in [5, 5.41) is 0. The summed E-state index contributed by atoms with van der Waals surface area (Å²) in [5.41, 5.74) is 0.379. The van der Waals surface area contributed by atoms with E-state index < -0.39 is 28.0 Å². The molecule has 1 aromatic rings. The fraction of sp³-hybridized carbons (Fsp3) is 0.462. The Balaban J connectivity index is 1.83. The summed E-state index contributed by atoms with van der Waals surface area (Å²) >= 11 is 0. The zero-order chi connectivity index (χ0) is 16.1. The van der Waals surface area contributed by atoms with Crippen molar-refractivity contribution in [2.45, 2.75) is 18.8 Å². The first-order valence-electron chi connectivity index (χ1n) is 6.53. The van der Waals surface area contributed by atoms with Gasteiger partial charge in [-0.25, -0.2) is 8.42 Å². The van der Waals surface area contributed by atoms with Gasteiger partial charge in [0.25, 0.3) is 0 Å². The lowest BCUT2D eigenvalue weighted by atomic mass is 10.0. The Kier molecular flexibility index (Phi) is 3.35. The second-order valence-corrected chi connectivity index (χ2v) is 7.57. The van der Waals surface area contributed by atoms with Crippen molar-refractivity contribution >= 4 is 21.4 Å². The minimum atomic E-state index is -4.78. The van der Waals surface area contributed by atoms with Crippen LogP contribution in [0.3, 0.4) is 0 Å². The number of fused-ring (bicyclic) bond motifs is 1. The number of amides is 1. The van der Waals surface area contributed by atoms with Gasteiger partial charge in [-0.2, -0.15) is 0 Å². The van der Waals surface area contributed by atoms with Crippen molar-refractivity contribution in [3.8, 4) is 5.75 Å². The molecule has 0 bridgehead atoms. The van der Waals surface area contributed by atoms with E-state index in [9.17, 15) is 26.4 Å². The average molecular weight is 335 g/mol. The summed E-state index contributed by atoms with van der Waals surface area (Å²) in [6.07, 6.45) is -4.64. The zero-order valence-electron chi connectivity index (χ0n) is 11.2. The van der Waals surface area contributed by atoms with Crippen LogP contribution in [0.5, 0.6) is 5.75 Å². The van der Waals surface area contributed by atoms with Gasteiger partial charge in [0.15, 0.2) is 9.84 Å². The van der Waals surface area contributed by atoms with E-state index in [1.165, 1.54) is 17.0 Å². The number of hydrogen-bond acceptors (Lipinski definition) is 4. The molecule has 0 spiro atoms. The van der Waals surface area contributed by atoms with Crippen molar-refractivity contribution in [3.63, 3.8) is 0 Å². The van der Waals surface area contributed by atoms with Gasteiger partial charge in [0, 0.05) is 18.0 Å². The number of hydrogen-bond donors (Lipinski definition) is 0. The summed E-state index contributed by atoms with van der Waals surface area (Å²) in [6.45, 7) is 0. The minimum absolute atomic E-state index is 0.0187. The first-order valence-corrected chi connectivity index (χ1v) is 8.35. The first-order chi connectivity index (χ1) is 10.1. The Morgan fingerprint density at radius 3 is 2.36 bits per heavy atom. The standard InChI is InChI=1S/C13H12F3NO4S/c14-13(15,16)21-10-3-1-9(2-4-10)17-11-7-22(19,20)6-8(11)5-12(17)18/h1-4,8,11H,5-7H2/t8-,11+/m1/s1. The van der Waals surface area contributed by atoms with E-state index in [0.29, 0.717) is 5.69 Å². The number of nitrogens with zero attached hydrogens (tertiary/aromatic N) is 1. The molecular formula is C13H12F3NO4S. The highest BCUT2D eigenvalue weighted by molar-refractivity contribution is 7.91. The number of halogens is 3. The molecule has 2 saturated heterocycles. The second kappa shape index (κ2) is 4.87. The topological polar surface area (TPSA) is 63.7 Å². The monoisotopic (exact) mass is 335 g/mol. The van der Waals surface area contributed by atoms with Crippen LogP contribution in [0.2, 0.25) is 0 Å². The van der Waals surface area contributed by atoms with E-state index in [1.54, 1.807) is 0 Å². The molecule has 0 saturated carbocycles. The molecule has 9 heteroatoms. The van der Waals surface area contributed by atoms with Crippen LogP contribution >= 0.6 is 0 Å². The van der Waals surface area contributed by atoms with Crippen molar-refractivity contribution in [2.75, 3.05) is 16.4 Å². The fourth-order valence-electron chi connectivity index (χ4n) is 3.03. The normalized spacial score (nSPS) is 27.0. The average Bonchev–Trinajstić information content (AvgIpc) is 2.79. The van der Waals surface area contributed by atoms with E-state index in [0.717, 1.165) is 12.1 Å². The van der Waals surface area contributed by atoms with Gasteiger partial charge in [0.05, 0.1) is 17.5 Å². The molecule has 2 aliphatic rings. The third-order valence-electron chi connectivity index (χ3n) is 3.82. The van der Waals surface area contributed by atoms with Gasteiger partial charge in [0.2, 0.25) is 5.91 Å². The van der Waals surface area contributed by atoms with Crippen molar-refractivity contribution in [3.05, 3.63) is 24.3 Å². The van der Waals surface area contributed by atoms with Crippen molar-refractivity contribution in [2.24, 2.45) is 5.92 Å². The predicted octanol–water partition coefficient (Wildman–Crippen LogP) is 1.74. The Morgan fingerprint density at radius 1 is 1.14 bits per heavy atom. The summed E-state index contributed by atoms with van der Waals surface area (Å²) in [7, 11) is -3.17. The smallest absolute Gasteiger partial charge is 0.406 e. The third kappa shape index (κ3) is 2.90. The molecule has 22 heavy (non-hydrogen) atoms. The van der Waals surface area contributed by atoms with E-state index in [-0.39, 0.29) is 29.8 Å². The maximum Gasteiger partial charge on any atom is 0.573 e. The Bertz CT molecular complexity index is 699. The first kappa shape index (κ1) is 15.1. The fourth-order valence-corrected chi connectivity index (χ4v) is 5.10. The molecule has 120 valence electrons. The number of sulfone groups is 1. The summed E-state index contributed by atoms with van der Waals surface area (Å²) in [6, 6.07) is 4.42. The van der Waals surface area contributed by atoms with Gasteiger partial charge in [-0.3, -0.25) is 4.79 Å². The molecular weight excluding hydrogens is 323 g/mol. The number of ether oxygens (including phenoxy) is 1. The molecule has 1 aromatic carbocycles. The van der Waals surface area contributed by atoms with Crippen LogP contribution in [-0.2, 0) is 14.6 Å². The second-order valence-electron chi connectivity index (χ2n) is 5.41. The van der Waals surface area contributed by atoms with Gasteiger partial charge < -0.3 is 9.64 Å². The molecule has 0 radical (unpaired) electrons. The van der Waals surface area contributed by atoms with E-state index >= 15 is 0 Å². The largest absolute Gasteiger partial charge is 0.573 e. The maximum atomic E-state index is 12.1. The summed E-state index contributed by atoms with van der Waals surface area (Å²) < 4.78 is 63.4. The molecule has 2 fully saturated rings. The van der Waals surface area contributed by atoms with Crippen molar-refractivity contribution in [1.82, 2.24) is 0 Å². The van der Waals surface area contributed by atoms with Crippen LogP contribution in [0.4, 0.5) is 18.9 Å². The van der Waals surface area contributed by atoms with Gasteiger partial charge in [-0.1, -0.05) is 0 Å². The molecule has 0 aliphatic carbocycles. The Hall–Kier alpha value is -1.77. The van der Waals surface area contributed by atoms with Crippen LogP contribution in [-0.4, -0.2) is 38.2 Å². The highest BCUT2D eigenvalue weighted by Crippen LogP contribution is 2.37. The lowest BCUT2D eigenvalue weighted by molar-refractivity contribution is -0.274. The molecule has 3 rings (SSSR count).